The number of amides is 1. The molecule has 2 rings (SSSR count). The Morgan fingerprint density at radius 2 is 1.83 bits per heavy atom. The third-order valence-electron chi connectivity index (χ3n) is 4.00. The zero-order valence-corrected chi connectivity index (χ0v) is 14.1. The molecule has 1 saturated heterocycles. The lowest BCUT2D eigenvalue weighted by Gasteiger charge is -2.32. The number of rotatable bonds is 5. The highest BCUT2D eigenvalue weighted by molar-refractivity contribution is 7.86. The van der Waals surface area contributed by atoms with Crippen molar-refractivity contribution >= 4 is 22.2 Å². The molecule has 2 atom stereocenters. The van der Waals surface area contributed by atoms with Crippen LogP contribution in [0.15, 0.2) is 30.3 Å². The molecule has 0 radical (unpaired) electrons. The number of nitrogens with zero attached hydrogens (tertiary/aromatic N) is 1. The standard InChI is InChI=1S/C15H19NO7S/c1-14(23-24(2,21)22)9-15(12(17)18,16(10-14)13(19)20)8-11-6-4-3-5-7-11/h3-7H,8-10H2,1-2H3,(H,17,18)(H,19,20)/t14-,15-/m0/s1. The molecule has 0 bridgehead atoms. The van der Waals surface area contributed by atoms with Crippen molar-refractivity contribution in [3.05, 3.63) is 35.9 Å². The maximum Gasteiger partial charge on any atom is 0.408 e. The van der Waals surface area contributed by atoms with Gasteiger partial charge in [0.25, 0.3) is 10.1 Å². The van der Waals surface area contributed by atoms with Crippen LogP contribution in [0.25, 0.3) is 0 Å². The molecule has 0 unspecified atom stereocenters. The van der Waals surface area contributed by atoms with Crippen LogP contribution in [0.5, 0.6) is 0 Å². The zero-order valence-electron chi connectivity index (χ0n) is 13.3. The number of aliphatic carboxylic acids is 1. The van der Waals surface area contributed by atoms with Crippen molar-refractivity contribution in [1.82, 2.24) is 4.90 Å². The summed E-state index contributed by atoms with van der Waals surface area (Å²) in [7, 11) is -3.88. The number of carbonyl (C=O) groups is 2. The molecule has 1 fully saturated rings. The van der Waals surface area contributed by atoms with E-state index in [4.69, 9.17) is 4.18 Å². The van der Waals surface area contributed by atoms with Crippen LogP contribution in [-0.2, 0) is 25.5 Å². The van der Waals surface area contributed by atoms with Crippen LogP contribution in [0, 0.1) is 0 Å². The van der Waals surface area contributed by atoms with E-state index in [-0.39, 0.29) is 19.4 Å². The molecule has 2 N–H and O–H groups in total. The molecule has 0 saturated carbocycles. The lowest BCUT2D eigenvalue weighted by atomic mass is 9.85. The van der Waals surface area contributed by atoms with E-state index in [0.29, 0.717) is 5.56 Å². The molecule has 0 spiro atoms. The summed E-state index contributed by atoms with van der Waals surface area (Å²) >= 11 is 0. The minimum Gasteiger partial charge on any atom is -0.479 e. The average molecular weight is 357 g/mol. The lowest BCUT2D eigenvalue weighted by molar-refractivity contribution is -0.148. The third kappa shape index (κ3) is 3.68. The van der Waals surface area contributed by atoms with Crippen LogP contribution in [0.4, 0.5) is 4.79 Å². The molecular formula is C15H19NO7S. The summed E-state index contributed by atoms with van der Waals surface area (Å²) in [5.74, 6) is -1.34. The SMILES string of the molecule is C[C@@]1(OS(C)(=O)=O)CN(C(=O)O)[C@](Cc2ccccc2)(C(=O)O)C1. The second-order valence-corrected chi connectivity index (χ2v) is 7.86. The molecule has 1 amide bonds. The van der Waals surface area contributed by atoms with Gasteiger partial charge in [-0.3, -0.25) is 9.08 Å². The van der Waals surface area contributed by atoms with Gasteiger partial charge in [-0.1, -0.05) is 30.3 Å². The highest BCUT2D eigenvalue weighted by Crippen LogP contribution is 2.41. The van der Waals surface area contributed by atoms with Crippen molar-refractivity contribution < 1.29 is 32.4 Å². The molecule has 0 aliphatic carbocycles. The highest BCUT2D eigenvalue weighted by Gasteiger charge is 2.59. The number of hydrogen-bond donors (Lipinski definition) is 2. The predicted octanol–water partition coefficient (Wildman–Crippen LogP) is 1.17. The molecule has 1 aromatic rings. The van der Waals surface area contributed by atoms with Gasteiger partial charge in [0.1, 0.15) is 5.60 Å². The van der Waals surface area contributed by atoms with E-state index in [9.17, 15) is 28.2 Å². The van der Waals surface area contributed by atoms with Gasteiger partial charge in [0, 0.05) is 12.8 Å². The Balaban J connectivity index is 2.47. The Morgan fingerprint density at radius 1 is 1.25 bits per heavy atom. The zero-order chi connectivity index (χ0) is 18.2. The summed E-state index contributed by atoms with van der Waals surface area (Å²) in [5.41, 5.74) is -2.61. The van der Waals surface area contributed by atoms with Gasteiger partial charge in [-0.2, -0.15) is 8.42 Å². The van der Waals surface area contributed by atoms with Gasteiger partial charge in [0.05, 0.1) is 12.8 Å². The van der Waals surface area contributed by atoms with Crippen LogP contribution in [0.2, 0.25) is 0 Å². The number of benzene rings is 1. The first-order chi connectivity index (χ1) is 11.0. The molecule has 1 aromatic carbocycles. The van der Waals surface area contributed by atoms with E-state index in [2.05, 4.69) is 0 Å². The summed E-state index contributed by atoms with van der Waals surface area (Å²) < 4.78 is 28.0. The molecule has 1 heterocycles. The number of likely N-dealkylation sites (tertiary alicyclic amines) is 1. The summed E-state index contributed by atoms with van der Waals surface area (Å²) in [6.07, 6.45) is -0.947. The van der Waals surface area contributed by atoms with Crippen molar-refractivity contribution in [2.75, 3.05) is 12.8 Å². The second kappa shape index (κ2) is 6.06. The molecule has 132 valence electrons. The first kappa shape index (κ1) is 18.2. The normalized spacial score (nSPS) is 27.2. The molecule has 9 heteroatoms. The molecule has 8 nitrogen and oxygen atoms in total. The Hall–Kier alpha value is -2.13. The van der Waals surface area contributed by atoms with Gasteiger partial charge in [0.15, 0.2) is 5.54 Å². The predicted molar refractivity (Wildman–Crippen MR) is 84.2 cm³/mol. The van der Waals surface area contributed by atoms with Crippen molar-refractivity contribution in [2.45, 2.75) is 30.9 Å². The van der Waals surface area contributed by atoms with E-state index in [0.717, 1.165) is 11.2 Å². The van der Waals surface area contributed by atoms with Crippen molar-refractivity contribution in [3.8, 4) is 0 Å². The Labute approximate surface area is 139 Å². The van der Waals surface area contributed by atoms with Crippen LogP contribution in [-0.4, -0.2) is 59.5 Å². The van der Waals surface area contributed by atoms with Gasteiger partial charge < -0.3 is 10.2 Å². The highest BCUT2D eigenvalue weighted by atomic mass is 32.2. The van der Waals surface area contributed by atoms with Gasteiger partial charge in [-0.05, 0) is 12.5 Å². The summed E-state index contributed by atoms with van der Waals surface area (Å²) in [6.45, 7) is 1.05. The summed E-state index contributed by atoms with van der Waals surface area (Å²) in [6, 6.07) is 8.58. The van der Waals surface area contributed by atoms with Crippen LogP contribution >= 0.6 is 0 Å². The van der Waals surface area contributed by atoms with Crippen LogP contribution in [0.3, 0.4) is 0 Å². The van der Waals surface area contributed by atoms with Gasteiger partial charge in [-0.25, -0.2) is 9.59 Å². The minimum atomic E-state index is -3.88. The maximum absolute atomic E-state index is 12.0. The smallest absolute Gasteiger partial charge is 0.408 e. The monoisotopic (exact) mass is 357 g/mol. The fourth-order valence-corrected chi connectivity index (χ4v) is 4.13. The van der Waals surface area contributed by atoms with Crippen molar-refractivity contribution in [2.24, 2.45) is 0 Å². The van der Waals surface area contributed by atoms with E-state index in [1.54, 1.807) is 30.3 Å². The summed E-state index contributed by atoms with van der Waals surface area (Å²) in [5, 5.41) is 19.2. The fraction of sp³-hybridized carbons (Fsp3) is 0.467. The topological polar surface area (TPSA) is 121 Å². The molecule has 1 aliphatic rings. The molecule has 0 aromatic heterocycles. The summed E-state index contributed by atoms with van der Waals surface area (Å²) in [4.78, 5) is 24.4. The Bertz CT molecular complexity index is 748. The lowest BCUT2D eigenvalue weighted by Crippen LogP contribution is -2.54. The second-order valence-electron chi connectivity index (χ2n) is 6.28. The minimum absolute atomic E-state index is 0.0851. The van der Waals surface area contributed by atoms with Crippen molar-refractivity contribution in [1.29, 1.82) is 0 Å². The molecule has 24 heavy (non-hydrogen) atoms. The molecular weight excluding hydrogens is 338 g/mol. The first-order valence-electron chi connectivity index (χ1n) is 7.16. The third-order valence-corrected chi connectivity index (χ3v) is 4.70. The number of carboxylic acid groups (broad SMARTS) is 2. The van der Waals surface area contributed by atoms with Crippen LogP contribution < -0.4 is 0 Å². The first-order valence-corrected chi connectivity index (χ1v) is 8.98. The Kier molecular flexibility index (Phi) is 4.60. The molecule has 1 aliphatic heterocycles. The van der Waals surface area contributed by atoms with E-state index in [1.165, 1.54) is 6.92 Å². The van der Waals surface area contributed by atoms with E-state index < -0.39 is 33.3 Å². The van der Waals surface area contributed by atoms with Crippen LogP contribution in [0.1, 0.15) is 18.9 Å². The van der Waals surface area contributed by atoms with Crippen molar-refractivity contribution in [3.63, 3.8) is 0 Å². The van der Waals surface area contributed by atoms with Gasteiger partial charge >= 0.3 is 12.1 Å². The quantitative estimate of drug-likeness (QED) is 0.759. The average Bonchev–Trinajstić information content (AvgIpc) is 2.71. The maximum atomic E-state index is 12.0. The van der Waals surface area contributed by atoms with Gasteiger partial charge in [-0.15, -0.1) is 0 Å². The Morgan fingerprint density at radius 3 is 2.29 bits per heavy atom. The number of hydrogen-bond acceptors (Lipinski definition) is 5. The fourth-order valence-electron chi connectivity index (χ4n) is 3.29. The largest absolute Gasteiger partial charge is 0.479 e. The number of carboxylic acids is 1. The van der Waals surface area contributed by atoms with E-state index >= 15 is 0 Å². The van der Waals surface area contributed by atoms with Gasteiger partial charge in [0.2, 0.25) is 0 Å². The van der Waals surface area contributed by atoms with E-state index in [1.807, 2.05) is 0 Å².